The molecular formula is C6H10N2O. The zero-order chi connectivity index (χ0) is 6.48. The molecule has 0 bridgehead atoms. The van der Waals surface area contributed by atoms with Crippen molar-refractivity contribution in [3.05, 3.63) is 0 Å². The van der Waals surface area contributed by atoms with Crippen LogP contribution in [0.15, 0.2) is 0 Å². The summed E-state index contributed by atoms with van der Waals surface area (Å²) in [5.74, 6) is 0.451. The number of amides is 1. The van der Waals surface area contributed by atoms with Crippen LogP contribution in [-0.2, 0) is 4.79 Å². The molecule has 3 heteroatoms. The maximum atomic E-state index is 10.7. The first-order chi connectivity index (χ1) is 4.26. The second kappa shape index (κ2) is 1.29. The topological polar surface area (TPSA) is 55.1 Å². The molecule has 0 aromatic heterocycles. The summed E-state index contributed by atoms with van der Waals surface area (Å²) in [7, 11) is 0. The molecule has 9 heavy (non-hydrogen) atoms. The Kier molecular flexibility index (Phi) is 0.750. The lowest BCUT2D eigenvalue weighted by Crippen LogP contribution is -2.30. The van der Waals surface area contributed by atoms with Crippen LogP contribution >= 0.6 is 0 Å². The van der Waals surface area contributed by atoms with E-state index in [1.165, 1.54) is 0 Å². The molecule has 1 unspecified atom stereocenters. The molecule has 2 atom stereocenters. The molecule has 1 heterocycles. The van der Waals surface area contributed by atoms with Crippen molar-refractivity contribution < 1.29 is 4.79 Å². The molecule has 2 fully saturated rings. The first-order valence-corrected chi connectivity index (χ1v) is 3.26. The van der Waals surface area contributed by atoms with Gasteiger partial charge in [0.25, 0.3) is 0 Å². The van der Waals surface area contributed by atoms with E-state index in [4.69, 9.17) is 5.73 Å². The molecule has 3 nitrogen and oxygen atoms in total. The average Bonchev–Trinajstić information content (AvgIpc) is 2.38. The number of rotatable bonds is 1. The highest BCUT2D eigenvalue weighted by atomic mass is 16.1. The molecular weight excluding hydrogens is 116 g/mol. The van der Waals surface area contributed by atoms with Crippen LogP contribution in [0.2, 0.25) is 0 Å². The fourth-order valence-electron chi connectivity index (χ4n) is 1.72. The summed E-state index contributed by atoms with van der Waals surface area (Å²) in [6, 6.07) is 0. The van der Waals surface area contributed by atoms with E-state index in [2.05, 4.69) is 5.32 Å². The van der Waals surface area contributed by atoms with Crippen molar-refractivity contribution in [2.75, 3.05) is 13.1 Å². The van der Waals surface area contributed by atoms with E-state index in [-0.39, 0.29) is 11.3 Å². The van der Waals surface area contributed by atoms with Gasteiger partial charge in [-0.2, -0.15) is 0 Å². The summed E-state index contributed by atoms with van der Waals surface area (Å²) in [5.41, 5.74) is 5.08. The van der Waals surface area contributed by atoms with Gasteiger partial charge in [-0.05, 0) is 18.9 Å². The smallest absolute Gasteiger partial charge is 0.225 e. The van der Waals surface area contributed by atoms with E-state index in [0.29, 0.717) is 5.92 Å². The number of hydrogen-bond donors (Lipinski definition) is 2. The van der Waals surface area contributed by atoms with Crippen molar-refractivity contribution >= 4 is 5.91 Å². The zero-order valence-corrected chi connectivity index (χ0v) is 5.18. The average molecular weight is 126 g/mol. The molecule has 0 radical (unpaired) electrons. The molecule has 50 valence electrons. The van der Waals surface area contributed by atoms with Crippen molar-refractivity contribution in [1.82, 2.24) is 5.32 Å². The first kappa shape index (κ1) is 5.23. The van der Waals surface area contributed by atoms with Crippen LogP contribution in [0.4, 0.5) is 0 Å². The fraction of sp³-hybridized carbons (Fsp3) is 0.833. The largest absolute Gasteiger partial charge is 0.369 e. The number of primary amides is 1. The van der Waals surface area contributed by atoms with Crippen LogP contribution in [0.1, 0.15) is 6.42 Å². The summed E-state index contributed by atoms with van der Waals surface area (Å²) >= 11 is 0. The van der Waals surface area contributed by atoms with Crippen molar-refractivity contribution in [3.8, 4) is 0 Å². The summed E-state index contributed by atoms with van der Waals surface area (Å²) < 4.78 is 0. The minimum absolute atomic E-state index is 0.111. The highest BCUT2D eigenvalue weighted by Gasteiger charge is 2.61. The Hall–Kier alpha value is -0.570. The van der Waals surface area contributed by atoms with Gasteiger partial charge in [-0.15, -0.1) is 0 Å². The lowest BCUT2D eigenvalue weighted by Gasteiger charge is -2.03. The normalized spacial score (nSPS) is 46.4. The first-order valence-electron chi connectivity index (χ1n) is 3.26. The summed E-state index contributed by atoms with van der Waals surface area (Å²) in [6.07, 6.45) is 1.02. The van der Waals surface area contributed by atoms with Crippen LogP contribution < -0.4 is 11.1 Å². The predicted molar refractivity (Wildman–Crippen MR) is 32.6 cm³/mol. The molecule has 1 saturated carbocycles. The van der Waals surface area contributed by atoms with Crippen molar-refractivity contribution in [2.24, 2.45) is 17.1 Å². The van der Waals surface area contributed by atoms with Gasteiger partial charge in [-0.3, -0.25) is 4.79 Å². The van der Waals surface area contributed by atoms with Crippen LogP contribution in [-0.4, -0.2) is 19.0 Å². The highest BCUT2D eigenvalue weighted by Crippen LogP contribution is 2.54. The van der Waals surface area contributed by atoms with Crippen molar-refractivity contribution in [3.63, 3.8) is 0 Å². The lowest BCUT2D eigenvalue weighted by molar-refractivity contribution is -0.122. The van der Waals surface area contributed by atoms with E-state index in [1.807, 2.05) is 0 Å². The monoisotopic (exact) mass is 126 g/mol. The Morgan fingerprint density at radius 3 is 2.78 bits per heavy atom. The molecule has 0 aromatic rings. The standard InChI is InChI=1S/C6H10N2O/c7-5(9)6-1-4(6)2-8-3-6/h4,8H,1-3H2,(H2,7,9)/t4?,6-/m0/s1. The Labute approximate surface area is 53.6 Å². The van der Waals surface area contributed by atoms with Crippen LogP contribution in [0, 0.1) is 11.3 Å². The van der Waals surface area contributed by atoms with Crippen LogP contribution in [0.3, 0.4) is 0 Å². The van der Waals surface area contributed by atoms with E-state index < -0.39 is 0 Å². The predicted octanol–water partition coefficient (Wildman–Crippen LogP) is -0.919. The maximum absolute atomic E-state index is 10.7. The van der Waals surface area contributed by atoms with Gasteiger partial charge in [0.15, 0.2) is 0 Å². The third-order valence-corrected chi connectivity index (χ3v) is 2.55. The maximum Gasteiger partial charge on any atom is 0.225 e. The summed E-state index contributed by atoms with van der Waals surface area (Å²) in [5, 5.41) is 3.14. The van der Waals surface area contributed by atoms with Crippen molar-refractivity contribution in [1.29, 1.82) is 0 Å². The van der Waals surface area contributed by atoms with Gasteiger partial charge >= 0.3 is 0 Å². The Balaban J connectivity index is 2.19. The van der Waals surface area contributed by atoms with Gasteiger partial charge in [0, 0.05) is 6.54 Å². The number of nitrogens with one attached hydrogen (secondary N) is 1. The molecule has 0 aromatic carbocycles. The number of fused-ring (bicyclic) bond motifs is 1. The Morgan fingerprint density at radius 1 is 1.78 bits per heavy atom. The minimum atomic E-state index is -0.113. The molecule has 1 saturated heterocycles. The second-order valence-electron chi connectivity index (χ2n) is 3.05. The fourth-order valence-corrected chi connectivity index (χ4v) is 1.72. The van der Waals surface area contributed by atoms with E-state index in [1.54, 1.807) is 0 Å². The van der Waals surface area contributed by atoms with E-state index in [9.17, 15) is 4.79 Å². The number of carbonyl (C=O) groups is 1. The van der Waals surface area contributed by atoms with Gasteiger partial charge < -0.3 is 11.1 Å². The SMILES string of the molecule is NC(=O)[C@@]12CNCC1C2. The quantitative estimate of drug-likeness (QED) is 0.477. The Morgan fingerprint density at radius 2 is 2.56 bits per heavy atom. The van der Waals surface area contributed by atoms with E-state index >= 15 is 0 Å². The highest BCUT2D eigenvalue weighted by molar-refractivity contribution is 5.85. The molecule has 1 aliphatic carbocycles. The number of hydrogen-bond acceptors (Lipinski definition) is 2. The number of nitrogens with two attached hydrogens (primary N) is 1. The van der Waals surface area contributed by atoms with Gasteiger partial charge in [-0.1, -0.05) is 0 Å². The molecule has 1 aliphatic heterocycles. The van der Waals surface area contributed by atoms with E-state index in [0.717, 1.165) is 19.5 Å². The molecule has 2 rings (SSSR count). The number of piperidine rings is 1. The van der Waals surface area contributed by atoms with Gasteiger partial charge in [0.05, 0.1) is 5.41 Å². The molecule has 0 spiro atoms. The van der Waals surface area contributed by atoms with Gasteiger partial charge in [0.1, 0.15) is 0 Å². The third kappa shape index (κ3) is 0.477. The van der Waals surface area contributed by atoms with Gasteiger partial charge in [0.2, 0.25) is 5.91 Å². The zero-order valence-electron chi connectivity index (χ0n) is 5.18. The lowest BCUT2D eigenvalue weighted by atomic mass is 10.1. The third-order valence-electron chi connectivity index (χ3n) is 2.55. The van der Waals surface area contributed by atoms with Gasteiger partial charge in [-0.25, -0.2) is 0 Å². The molecule has 1 amide bonds. The molecule has 3 N–H and O–H groups in total. The Bertz CT molecular complexity index is 168. The summed E-state index contributed by atoms with van der Waals surface area (Å²) in [4.78, 5) is 10.7. The second-order valence-corrected chi connectivity index (χ2v) is 3.05. The van der Waals surface area contributed by atoms with Crippen molar-refractivity contribution in [2.45, 2.75) is 6.42 Å². The minimum Gasteiger partial charge on any atom is -0.369 e. The van der Waals surface area contributed by atoms with Crippen LogP contribution in [0.5, 0.6) is 0 Å². The van der Waals surface area contributed by atoms with Crippen LogP contribution in [0.25, 0.3) is 0 Å². The summed E-state index contributed by atoms with van der Waals surface area (Å²) in [6.45, 7) is 1.80. The number of carbonyl (C=O) groups excluding carboxylic acids is 1. The molecule has 2 aliphatic rings.